The minimum Gasteiger partial charge on any atom is -0.507 e. The molecule has 81 heavy (non-hydrogen) atoms. The van der Waals surface area contributed by atoms with Crippen molar-refractivity contribution in [3.8, 4) is 28.4 Å². The number of aromatic nitrogens is 6. The fraction of sp³-hybridized carbons (Fsp3) is 0.450. The molecule has 3 aliphatic heterocycles. The summed E-state index contributed by atoms with van der Waals surface area (Å²) in [6, 6.07) is 10.8. The summed E-state index contributed by atoms with van der Waals surface area (Å²) < 4.78 is 40.0. The van der Waals surface area contributed by atoms with Gasteiger partial charge in [0.1, 0.15) is 46.2 Å². The predicted molar refractivity (Wildman–Crippen MR) is 308 cm³/mol. The topological polar surface area (TPSA) is 207 Å². The molecule has 4 aliphatic rings. The van der Waals surface area contributed by atoms with Crippen molar-refractivity contribution < 1.29 is 33.0 Å². The van der Waals surface area contributed by atoms with Crippen molar-refractivity contribution in [2.75, 3.05) is 66.8 Å². The summed E-state index contributed by atoms with van der Waals surface area (Å²) in [5, 5.41) is 17.5. The van der Waals surface area contributed by atoms with Gasteiger partial charge < -0.3 is 45.0 Å². The lowest BCUT2D eigenvalue weighted by molar-refractivity contribution is -0.129. The maximum absolute atomic E-state index is 16.5. The lowest BCUT2D eigenvalue weighted by Gasteiger charge is -2.43. The molecule has 0 radical (unpaired) electrons. The molecule has 3 amide bonds. The number of benzene rings is 2. The van der Waals surface area contributed by atoms with Gasteiger partial charge in [0.15, 0.2) is 17.3 Å². The number of aromatic hydroxyl groups is 1. The molecule has 0 bridgehead atoms. The van der Waals surface area contributed by atoms with E-state index < -0.39 is 51.9 Å². The van der Waals surface area contributed by atoms with Crippen molar-refractivity contribution in [1.29, 1.82) is 0 Å². The van der Waals surface area contributed by atoms with Crippen LogP contribution in [-0.2, 0) is 9.59 Å². The fourth-order valence-electron chi connectivity index (χ4n) is 11.8. The van der Waals surface area contributed by atoms with E-state index >= 15 is 8.78 Å². The van der Waals surface area contributed by atoms with Crippen LogP contribution in [-0.4, -0.2) is 139 Å². The largest absolute Gasteiger partial charge is 0.507 e. The molecule has 0 unspecified atom stereocenters. The summed E-state index contributed by atoms with van der Waals surface area (Å²) in [6.45, 7) is 19.4. The zero-order valence-electron chi connectivity index (χ0n) is 47.5. The number of ether oxygens (including phenoxy) is 1. The number of anilines is 5. The van der Waals surface area contributed by atoms with Gasteiger partial charge in [-0.2, -0.15) is 9.97 Å². The van der Waals surface area contributed by atoms with Crippen LogP contribution < -0.4 is 35.8 Å². The van der Waals surface area contributed by atoms with Crippen molar-refractivity contribution in [3.63, 3.8) is 0 Å². The number of phenolic OH excluding ortho intramolecular Hbond substituents is 1. The van der Waals surface area contributed by atoms with Crippen LogP contribution in [0.4, 0.5) is 37.7 Å². The van der Waals surface area contributed by atoms with Gasteiger partial charge in [0.2, 0.25) is 11.9 Å². The average molecular weight is 1110 g/mol. The number of nitrogens with zero attached hydrogens (tertiary/aromatic N) is 11. The second-order valence-corrected chi connectivity index (χ2v) is 22.7. The summed E-state index contributed by atoms with van der Waals surface area (Å²) >= 11 is 0. The zero-order valence-corrected chi connectivity index (χ0v) is 47.5. The Morgan fingerprint density at radius 1 is 0.926 bits per heavy atom. The first kappa shape index (κ1) is 56.2. The van der Waals surface area contributed by atoms with Crippen molar-refractivity contribution >= 4 is 57.7 Å². The highest BCUT2D eigenvalue weighted by Gasteiger charge is 2.42. The molecule has 426 valence electrons. The number of halogens is 2. The second kappa shape index (κ2) is 22.5. The maximum Gasteiger partial charge on any atom is 0.355 e. The van der Waals surface area contributed by atoms with Crippen LogP contribution in [0.1, 0.15) is 114 Å². The fourth-order valence-corrected chi connectivity index (χ4v) is 11.8. The quantitative estimate of drug-likeness (QED) is 0.0874. The Hall–Kier alpha value is -8.07. The molecule has 2 aromatic carbocycles. The minimum absolute atomic E-state index is 0.000903. The van der Waals surface area contributed by atoms with Gasteiger partial charge in [0.05, 0.1) is 39.8 Å². The third-order valence-electron chi connectivity index (χ3n) is 16.4. The number of likely N-dealkylation sites (N-methyl/N-ethyl adjacent to an activating group) is 1. The third-order valence-corrected chi connectivity index (χ3v) is 16.4. The van der Waals surface area contributed by atoms with E-state index in [4.69, 9.17) is 9.72 Å². The number of phenols is 1. The number of carbonyl (C=O) groups is 3. The van der Waals surface area contributed by atoms with Crippen molar-refractivity contribution in [3.05, 3.63) is 112 Å². The van der Waals surface area contributed by atoms with Crippen molar-refractivity contribution in [2.24, 2.45) is 0 Å². The molecular formula is C60H71F2N13O6. The lowest BCUT2D eigenvalue weighted by atomic mass is 9.97. The Morgan fingerprint density at radius 3 is 2.36 bits per heavy atom. The highest BCUT2D eigenvalue weighted by atomic mass is 19.1. The summed E-state index contributed by atoms with van der Waals surface area (Å²) in [4.78, 5) is 89.9. The van der Waals surface area contributed by atoms with E-state index in [0.29, 0.717) is 46.1 Å². The van der Waals surface area contributed by atoms with E-state index in [0.717, 1.165) is 63.7 Å². The van der Waals surface area contributed by atoms with Crippen LogP contribution in [0.2, 0.25) is 0 Å². The van der Waals surface area contributed by atoms with Gasteiger partial charge in [-0.05, 0) is 134 Å². The van der Waals surface area contributed by atoms with Crippen molar-refractivity contribution in [1.82, 2.24) is 44.6 Å². The Balaban J connectivity index is 0.943. The summed E-state index contributed by atoms with van der Waals surface area (Å²) in [5.74, 6) is -1.99. The van der Waals surface area contributed by atoms with Gasteiger partial charge in [-0.1, -0.05) is 46.3 Å². The number of hydrogen-bond acceptors (Lipinski definition) is 15. The van der Waals surface area contributed by atoms with Crippen LogP contribution in [0.3, 0.4) is 0 Å². The molecule has 2 atom stereocenters. The predicted octanol–water partition coefficient (Wildman–Crippen LogP) is 8.57. The number of piperazine rings is 1. The smallest absolute Gasteiger partial charge is 0.355 e. The van der Waals surface area contributed by atoms with Crippen LogP contribution in [0.15, 0.2) is 77.9 Å². The molecule has 0 spiro atoms. The monoisotopic (exact) mass is 1110 g/mol. The van der Waals surface area contributed by atoms with Crippen molar-refractivity contribution in [2.45, 2.75) is 129 Å². The standard InChI is InChI=1S/C60H71F2N13O6/c1-11-44-57(79)71(10)45-31-64-58(68-54(45)74(44)39-15-12-13-16-39)66-43-20-19-37(55(77)65-38-22-25-70(9)26-23-38)29-47(43)81-60(7,8)36(6)56(78)72-27-28-73(35(5)32-72)52-40-30-42(62)50(48-41(61)17-14-18-46(48)76)67-53(40)75(59(80)69-52)51-34(4)21-24-63-49(51)33(2)3/h14,17-21,24,29-31,33,35,38-39,44,76H,6,11-13,15-16,22-23,25-28,32H2,1-5,7-10H3,(H,65,77)(H,64,66,68)/t35-,44+/m0/s1. The number of amides is 3. The number of likely N-dealkylation sites (tertiary alicyclic amines) is 1. The number of aryl methyl sites for hydroxylation is 1. The van der Waals surface area contributed by atoms with Crippen LogP contribution in [0.5, 0.6) is 11.5 Å². The lowest BCUT2D eigenvalue weighted by Crippen LogP contribution is -2.56. The molecule has 19 nitrogen and oxygen atoms in total. The molecule has 4 aromatic heterocycles. The van der Waals surface area contributed by atoms with Crippen LogP contribution in [0, 0.1) is 18.6 Å². The Bertz CT molecular complexity index is 3500. The van der Waals surface area contributed by atoms with Gasteiger partial charge in [-0.3, -0.25) is 19.4 Å². The molecule has 10 rings (SSSR count). The molecule has 6 aromatic rings. The molecule has 3 N–H and O–H groups in total. The first-order chi connectivity index (χ1) is 38.6. The molecule has 2 saturated heterocycles. The Kier molecular flexibility index (Phi) is 15.6. The summed E-state index contributed by atoms with van der Waals surface area (Å²) in [6.07, 6.45) is 9.55. The number of fused-ring (bicyclic) bond motifs is 2. The van der Waals surface area contributed by atoms with Gasteiger partial charge in [-0.25, -0.2) is 28.1 Å². The van der Waals surface area contributed by atoms with Gasteiger partial charge in [0.25, 0.3) is 11.8 Å². The summed E-state index contributed by atoms with van der Waals surface area (Å²) in [7, 11) is 3.81. The number of piperidine rings is 1. The zero-order chi connectivity index (χ0) is 57.8. The Morgan fingerprint density at radius 2 is 1.67 bits per heavy atom. The van der Waals surface area contributed by atoms with E-state index in [2.05, 4.69) is 54.0 Å². The number of pyridine rings is 2. The summed E-state index contributed by atoms with van der Waals surface area (Å²) in [5.41, 5.74) is 0.00572. The maximum atomic E-state index is 16.5. The number of carbonyl (C=O) groups excluding carboxylic acids is 3. The normalized spacial score (nSPS) is 18.4. The van der Waals surface area contributed by atoms with Gasteiger partial charge in [-0.15, -0.1) is 0 Å². The van der Waals surface area contributed by atoms with E-state index in [9.17, 15) is 24.3 Å². The van der Waals surface area contributed by atoms with Crippen LogP contribution in [0.25, 0.3) is 28.0 Å². The van der Waals surface area contributed by atoms with Crippen LogP contribution >= 0.6 is 0 Å². The molecule has 7 heterocycles. The van der Waals surface area contributed by atoms with E-state index in [1.807, 2.05) is 39.5 Å². The number of hydrogen-bond donors (Lipinski definition) is 3. The molecular weight excluding hydrogens is 1040 g/mol. The van der Waals surface area contributed by atoms with E-state index in [1.54, 1.807) is 67.4 Å². The van der Waals surface area contributed by atoms with Gasteiger partial charge in [0, 0.05) is 56.6 Å². The first-order valence-electron chi connectivity index (χ1n) is 28.0. The Labute approximate surface area is 470 Å². The van der Waals surface area contributed by atoms with E-state index in [1.165, 1.54) is 16.7 Å². The first-order valence-corrected chi connectivity index (χ1v) is 28.0. The molecule has 1 saturated carbocycles. The number of rotatable bonds is 14. The third kappa shape index (κ3) is 10.7. The number of nitrogens with one attached hydrogen (secondary N) is 2. The second-order valence-electron chi connectivity index (χ2n) is 22.7. The van der Waals surface area contributed by atoms with Gasteiger partial charge >= 0.3 is 5.69 Å². The molecule has 3 fully saturated rings. The SMILES string of the molecule is C=C(C(=O)N1CCN(c2nc(=O)n(-c3c(C)ccnc3C(C)C)c3nc(-c4c(O)cccc4F)c(F)cc23)[C@@H](C)C1)C(C)(C)Oc1cc(C(=O)NC2CCN(C)CC2)ccc1Nc1ncc2c(n1)N(C1CCCC1)[C@H](CC)C(=O)N2C. The molecule has 1 aliphatic carbocycles. The highest BCUT2D eigenvalue weighted by Crippen LogP contribution is 2.42. The van der Waals surface area contributed by atoms with E-state index in [-0.39, 0.29) is 89.6 Å². The highest BCUT2D eigenvalue weighted by molar-refractivity contribution is 6.04. The average Bonchev–Trinajstić information content (AvgIpc) is 4.14. The molecule has 21 heteroatoms. The minimum atomic E-state index is -1.38.